The highest BCUT2D eigenvalue weighted by Crippen LogP contribution is 2.15. The predicted molar refractivity (Wildman–Crippen MR) is 83.4 cm³/mol. The molecule has 20 heavy (non-hydrogen) atoms. The summed E-state index contributed by atoms with van der Waals surface area (Å²) in [6.45, 7) is 4.69. The molecule has 0 aliphatic heterocycles. The summed E-state index contributed by atoms with van der Waals surface area (Å²) in [7, 11) is 0. The smallest absolute Gasteiger partial charge is 0.272 e. The van der Waals surface area contributed by atoms with Gasteiger partial charge in [0.25, 0.3) is 5.91 Å². The van der Waals surface area contributed by atoms with E-state index in [9.17, 15) is 4.79 Å². The Labute approximate surface area is 128 Å². The Morgan fingerprint density at radius 3 is 2.90 bits per heavy atom. The Hall–Kier alpha value is -1.39. The number of rotatable bonds is 5. The zero-order chi connectivity index (χ0) is 14.5. The van der Waals surface area contributed by atoms with Gasteiger partial charge in [-0.2, -0.15) is 11.3 Å². The Bertz CT molecular complexity index is 571. The summed E-state index contributed by atoms with van der Waals surface area (Å²) < 4.78 is 0. The molecule has 0 unspecified atom stereocenters. The normalized spacial score (nSPS) is 12.2. The Balaban J connectivity index is 2.12. The summed E-state index contributed by atoms with van der Waals surface area (Å²) >= 11 is 7.60. The highest BCUT2D eigenvalue weighted by Gasteiger charge is 2.21. The number of carbonyl (C=O) groups is 1. The molecule has 2 aromatic heterocycles. The lowest BCUT2D eigenvalue weighted by Crippen LogP contribution is -2.40. The van der Waals surface area contributed by atoms with Crippen LogP contribution in [0.15, 0.2) is 35.2 Å². The zero-order valence-electron chi connectivity index (χ0n) is 11.5. The lowest BCUT2D eigenvalue weighted by Gasteiger charge is -2.27. The third-order valence-corrected chi connectivity index (χ3v) is 4.15. The third kappa shape index (κ3) is 3.58. The predicted octanol–water partition coefficient (Wildman–Crippen LogP) is 3.89. The molecule has 1 atom stereocenters. The van der Waals surface area contributed by atoms with E-state index in [1.165, 1.54) is 5.56 Å². The number of aromatic nitrogens is 1. The van der Waals surface area contributed by atoms with E-state index in [0.29, 0.717) is 17.3 Å². The highest BCUT2D eigenvalue weighted by molar-refractivity contribution is 7.07. The van der Waals surface area contributed by atoms with Crippen LogP contribution in [0, 0.1) is 0 Å². The van der Waals surface area contributed by atoms with Crippen LogP contribution < -0.4 is 0 Å². The van der Waals surface area contributed by atoms with Crippen LogP contribution in [0.1, 0.15) is 29.9 Å². The molecule has 0 aliphatic rings. The summed E-state index contributed by atoms with van der Waals surface area (Å²) in [5.41, 5.74) is 1.66. The largest absolute Gasteiger partial charge is 0.335 e. The quantitative estimate of drug-likeness (QED) is 0.839. The molecule has 0 aromatic carbocycles. The zero-order valence-corrected chi connectivity index (χ0v) is 13.1. The van der Waals surface area contributed by atoms with Gasteiger partial charge >= 0.3 is 0 Å². The molecule has 1 amide bonds. The Morgan fingerprint density at radius 1 is 1.50 bits per heavy atom. The first-order chi connectivity index (χ1) is 9.61. The van der Waals surface area contributed by atoms with Crippen molar-refractivity contribution in [2.45, 2.75) is 26.3 Å². The van der Waals surface area contributed by atoms with E-state index < -0.39 is 0 Å². The van der Waals surface area contributed by atoms with E-state index in [1.54, 1.807) is 29.7 Å². The maximum atomic E-state index is 12.5. The van der Waals surface area contributed by atoms with Crippen molar-refractivity contribution in [3.8, 4) is 0 Å². The molecule has 0 spiro atoms. The van der Waals surface area contributed by atoms with Gasteiger partial charge in [0.15, 0.2) is 0 Å². The molecule has 2 heterocycles. The second-order valence-corrected chi connectivity index (χ2v) is 5.85. The molecule has 3 nitrogen and oxygen atoms in total. The topological polar surface area (TPSA) is 33.2 Å². The number of carbonyl (C=O) groups excluding carboxylic acids is 1. The number of thiophene rings is 1. The molecule has 0 radical (unpaired) electrons. The van der Waals surface area contributed by atoms with Gasteiger partial charge in [-0.1, -0.05) is 11.6 Å². The Morgan fingerprint density at radius 2 is 2.30 bits per heavy atom. The molecule has 2 aromatic rings. The van der Waals surface area contributed by atoms with Gasteiger partial charge in [-0.15, -0.1) is 0 Å². The Kier molecular flexibility index (Phi) is 5.15. The highest BCUT2D eigenvalue weighted by atomic mass is 35.5. The van der Waals surface area contributed by atoms with Gasteiger partial charge in [0.1, 0.15) is 5.69 Å². The molecule has 0 saturated heterocycles. The summed E-state index contributed by atoms with van der Waals surface area (Å²) in [6, 6.07) is 5.51. The van der Waals surface area contributed by atoms with Gasteiger partial charge in [-0.3, -0.25) is 9.78 Å². The standard InChI is InChI=1S/C15H17ClN2OS/c1-3-18(11(2)8-12-5-7-20-10-12)15(19)14-9-13(16)4-6-17-14/h4-7,9-11H,3,8H2,1-2H3/t11-/m0/s1. The van der Waals surface area contributed by atoms with Crippen LogP contribution in [0.2, 0.25) is 5.02 Å². The van der Waals surface area contributed by atoms with Crippen molar-refractivity contribution in [1.29, 1.82) is 0 Å². The van der Waals surface area contributed by atoms with Gasteiger partial charge in [0.2, 0.25) is 0 Å². The van der Waals surface area contributed by atoms with Crippen LogP contribution in [-0.2, 0) is 6.42 Å². The molecule has 0 N–H and O–H groups in total. The fourth-order valence-corrected chi connectivity index (χ4v) is 3.03. The summed E-state index contributed by atoms with van der Waals surface area (Å²) in [6.07, 6.45) is 2.41. The van der Waals surface area contributed by atoms with E-state index in [-0.39, 0.29) is 11.9 Å². The minimum atomic E-state index is -0.0715. The SMILES string of the molecule is CCN(C(=O)c1cc(Cl)ccn1)[C@@H](C)Cc1ccsc1. The van der Waals surface area contributed by atoms with Gasteiger partial charge in [-0.25, -0.2) is 0 Å². The minimum absolute atomic E-state index is 0.0715. The first-order valence-corrected chi connectivity index (χ1v) is 7.87. The second-order valence-electron chi connectivity index (χ2n) is 4.64. The molecular formula is C15H17ClN2OS. The molecule has 2 rings (SSSR count). The van der Waals surface area contributed by atoms with E-state index in [1.807, 2.05) is 11.8 Å². The molecular weight excluding hydrogens is 292 g/mol. The fourth-order valence-electron chi connectivity index (χ4n) is 2.18. The van der Waals surface area contributed by atoms with Crippen molar-refractivity contribution in [1.82, 2.24) is 9.88 Å². The number of amides is 1. The van der Waals surface area contributed by atoms with Crippen LogP contribution in [0.5, 0.6) is 0 Å². The molecule has 0 fully saturated rings. The lowest BCUT2D eigenvalue weighted by atomic mass is 10.1. The van der Waals surface area contributed by atoms with Crippen LogP contribution >= 0.6 is 22.9 Å². The van der Waals surface area contributed by atoms with Crippen molar-refractivity contribution in [2.24, 2.45) is 0 Å². The van der Waals surface area contributed by atoms with Crippen LogP contribution in [0.4, 0.5) is 0 Å². The summed E-state index contributed by atoms with van der Waals surface area (Å²) in [4.78, 5) is 18.4. The van der Waals surface area contributed by atoms with E-state index in [4.69, 9.17) is 11.6 Å². The first-order valence-electron chi connectivity index (χ1n) is 6.55. The van der Waals surface area contributed by atoms with Gasteiger partial charge in [-0.05, 0) is 54.8 Å². The number of hydrogen-bond donors (Lipinski definition) is 0. The summed E-state index contributed by atoms with van der Waals surface area (Å²) in [5, 5.41) is 4.70. The average molecular weight is 309 g/mol. The number of hydrogen-bond acceptors (Lipinski definition) is 3. The van der Waals surface area contributed by atoms with Gasteiger partial charge in [0.05, 0.1) is 0 Å². The van der Waals surface area contributed by atoms with E-state index in [2.05, 4.69) is 28.7 Å². The maximum Gasteiger partial charge on any atom is 0.272 e. The third-order valence-electron chi connectivity index (χ3n) is 3.19. The lowest BCUT2D eigenvalue weighted by molar-refractivity contribution is 0.0697. The van der Waals surface area contributed by atoms with Crippen LogP contribution in [-0.4, -0.2) is 28.4 Å². The molecule has 0 bridgehead atoms. The van der Waals surface area contributed by atoms with Crippen molar-refractivity contribution < 1.29 is 4.79 Å². The fraction of sp³-hybridized carbons (Fsp3) is 0.333. The average Bonchev–Trinajstić information content (AvgIpc) is 2.92. The van der Waals surface area contributed by atoms with Crippen molar-refractivity contribution in [2.75, 3.05) is 6.54 Å². The molecule has 106 valence electrons. The van der Waals surface area contributed by atoms with Crippen molar-refractivity contribution >= 4 is 28.8 Å². The van der Waals surface area contributed by atoms with Gasteiger partial charge in [0, 0.05) is 23.8 Å². The first kappa shape index (κ1) is 15.0. The maximum absolute atomic E-state index is 12.5. The second kappa shape index (κ2) is 6.86. The van der Waals surface area contributed by atoms with Crippen molar-refractivity contribution in [3.05, 3.63) is 51.4 Å². The monoisotopic (exact) mass is 308 g/mol. The number of halogens is 1. The van der Waals surface area contributed by atoms with Gasteiger partial charge < -0.3 is 4.90 Å². The minimum Gasteiger partial charge on any atom is -0.335 e. The van der Waals surface area contributed by atoms with E-state index in [0.717, 1.165) is 6.42 Å². The van der Waals surface area contributed by atoms with Crippen LogP contribution in [0.25, 0.3) is 0 Å². The number of likely N-dealkylation sites (N-methyl/N-ethyl adjacent to an activating group) is 1. The van der Waals surface area contributed by atoms with E-state index >= 15 is 0 Å². The number of nitrogens with zero attached hydrogens (tertiary/aromatic N) is 2. The molecule has 0 saturated carbocycles. The summed E-state index contributed by atoms with van der Waals surface area (Å²) in [5.74, 6) is -0.0715. The number of pyridine rings is 1. The van der Waals surface area contributed by atoms with Crippen LogP contribution in [0.3, 0.4) is 0 Å². The van der Waals surface area contributed by atoms with Crippen molar-refractivity contribution in [3.63, 3.8) is 0 Å². The molecule has 5 heteroatoms. The molecule has 0 aliphatic carbocycles.